The van der Waals surface area contributed by atoms with Gasteiger partial charge in [0.05, 0.1) is 0 Å². The van der Waals surface area contributed by atoms with Crippen LogP contribution in [0.2, 0.25) is 0 Å². The molecule has 1 aromatic rings. The van der Waals surface area contributed by atoms with Crippen molar-refractivity contribution < 1.29 is 4.74 Å². The molecule has 98 valence electrons. The molecule has 2 aliphatic heterocycles. The van der Waals surface area contributed by atoms with Crippen LogP contribution in [0.5, 0.6) is 5.75 Å². The molecule has 2 N–H and O–H groups in total. The van der Waals surface area contributed by atoms with Crippen molar-refractivity contribution in [2.24, 2.45) is 11.7 Å². The summed E-state index contributed by atoms with van der Waals surface area (Å²) in [7, 11) is 0. The van der Waals surface area contributed by atoms with Crippen LogP contribution in [0.4, 0.5) is 0 Å². The normalized spacial score (nSPS) is 25.7. The van der Waals surface area contributed by atoms with Crippen LogP contribution in [0.1, 0.15) is 19.4 Å². The number of fused-ring (bicyclic) bond motifs is 1. The largest absolute Gasteiger partial charge is 0.488 e. The molecule has 2 heterocycles. The lowest BCUT2D eigenvalue weighted by Crippen LogP contribution is -2.70. The molecule has 0 aromatic heterocycles. The number of rotatable bonds is 3. The lowest BCUT2D eigenvalue weighted by Gasteiger charge is -2.51. The van der Waals surface area contributed by atoms with Crippen molar-refractivity contribution in [3.63, 3.8) is 0 Å². The summed E-state index contributed by atoms with van der Waals surface area (Å²) in [6.45, 7) is 7.42. The smallest absolute Gasteiger partial charge is 0.123 e. The molecule has 2 aliphatic rings. The van der Waals surface area contributed by atoms with E-state index >= 15 is 0 Å². The van der Waals surface area contributed by atoms with E-state index in [1.54, 1.807) is 0 Å². The van der Waals surface area contributed by atoms with Crippen molar-refractivity contribution in [3.05, 3.63) is 29.8 Å². The number of benzene rings is 1. The molecule has 18 heavy (non-hydrogen) atoms. The number of para-hydroxylation sites is 1. The van der Waals surface area contributed by atoms with Gasteiger partial charge >= 0.3 is 0 Å². The Morgan fingerprint density at radius 1 is 1.39 bits per heavy atom. The molecule has 1 unspecified atom stereocenters. The fourth-order valence-corrected chi connectivity index (χ4v) is 2.92. The Morgan fingerprint density at radius 2 is 2.11 bits per heavy atom. The number of nitrogens with zero attached hydrogens (tertiary/aromatic N) is 1. The van der Waals surface area contributed by atoms with Crippen LogP contribution in [0.3, 0.4) is 0 Å². The average molecular weight is 246 g/mol. The van der Waals surface area contributed by atoms with Crippen LogP contribution in [0, 0.1) is 5.92 Å². The van der Waals surface area contributed by atoms with E-state index in [2.05, 4.69) is 36.9 Å². The van der Waals surface area contributed by atoms with E-state index in [1.807, 2.05) is 6.07 Å². The third kappa shape index (κ3) is 2.02. The first-order valence-electron chi connectivity index (χ1n) is 6.83. The maximum Gasteiger partial charge on any atom is 0.123 e. The van der Waals surface area contributed by atoms with E-state index < -0.39 is 0 Å². The van der Waals surface area contributed by atoms with E-state index in [0.29, 0.717) is 12.0 Å². The number of hydrogen-bond donors (Lipinski definition) is 1. The Bertz CT molecular complexity index is 413. The highest BCUT2D eigenvalue weighted by Gasteiger charge is 2.43. The minimum Gasteiger partial charge on any atom is -0.488 e. The fourth-order valence-electron chi connectivity index (χ4n) is 2.92. The van der Waals surface area contributed by atoms with Crippen molar-refractivity contribution in [1.82, 2.24) is 4.90 Å². The molecule has 0 bridgehead atoms. The molecule has 3 rings (SSSR count). The van der Waals surface area contributed by atoms with Crippen LogP contribution in [0.15, 0.2) is 24.3 Å². The van der Waals surface area contributed by atoms with Gasteiger partial charge in [0.1, 0.15) is 11.9 Å². The van der Waals surface area contributed by atoms with Crippen LogP contribution >= 0.6 is 0 Å². The fraction of sp³-hybridized carbons (Fsp3) is 0.600. The SMILES string of the molecule is CC(C)C1(N)CN(CC2Cc3ccccc3O2)C1. The number of ether oxygens (including phenoxy) is 1. The molecule has 0 spiro atoms. The number of nitrogens with two attached hydrogens (primary N) is 1. The highest BCUT2D eigenvalue weighted by Crippen LogP contribution is 2.31. The Balaban J connectivity index is 1.53. The second-order valence-electron chi connectivity index (χ2n) is 6.11. The molecule has 0 amide bonds. The van der Waals surface area contributed by atoms with E-state index in [9.17, 15) is 0 Å². The summed E-state index contributed by atoms with van der Waals surface area (Å²) in [4.78, 5) is 2.41. The van der Waals surface area contributed by atoms with Gasteiger partial charge in [0, 0.05) is 31.6 Å². The molecular weight excluding hydrogens is 224 g/mol. The first-order chi connectivity index (χ1) is 8.57. The van der Waals surface area contributed by atoms with Gasteiger partial charge in [0.25, 0.3) is 0 Å². The van der Waals surface area contributed by atoms with Gasteiger partial charge in [0.2, 0.25) is 0 Å². The van der Waals surface area contributed by atoms with Gasteiger partial charge in [-0.05, 0) is 17.5 Å². The van der Waals surface area contributed by atoms with Crippen LogP contribution in [0.25, 0.3) is 0 Å². The third-order valence-electron chi connectivity index (χ3n) is 4.36. The van der Waals surface area contributed by atoms with Gasteiger partial charge in [0.15, 0.2) is 0 Å². The van der Waals surface area contributed by atoms with Gasteiger partial charge in [-0.1, -0.05) is 32.0 Å². The highest BCUT2D eigenvalue weighted by molar-refractivity contribution is 5.37. The highest BCUT2D eigenvalue weighted by atomic mass is 16.5. The molecule has 1 aromatic carbocycles. The Hall–Kier alpha value is -1.06. The first-order valence-corrected chi connectivity index (χ1v) is 6.83. The van der Waals surface area contributed by atoms with Gasteiger partial charge in [-0.3, -0.25) is 4.90 Å². The van der Waals surface area contributed by atoms with Gasteiger partial charge in [-0.25, -0.2) is 0 Å². The molecule has 0 saturated carbocycles. The monoisotopic (exact) mass is 246 g/mol. The molecule has 1 atom stereocenters. The van der Waals surface area contributed by atoms with Crippen LogP contribution in [-0.4, -0.2) is 36.2 Å². The molecule has 0 radical (unpaired) electrons. The maximum atomic E-state index is 6.31. The minimum absolute atomic E-state index is 0.0193. The average Bonchev–Trinajstić information content (AvgIpc) is 2.68. The second-order valence-corrected chi connectivity index (χ2v) is 6.11. The molecule has 3 heteroatoms. The lowest BCUT2D eigenvalue weighted by atomic mass is 9.80. The summed E-state index contributed by atoms with van der Waals surface area (Å²) in [5.74, 6) is 1.61. The summed E-state index contributed by atoms with van der Waals surface area (Å²) >= 11 is 0. The zero-order valence-electron chi connectivity index (χ0n) is 11.2. The molecule has 1 saturated heterocycles. The second kappa shape index (κ2) is 4.25. The minimum atomic E-state index is 0.0193. The molecular formula is C15H22N2O. The summed E-state index contributed by atoms with van der Waals surface area (Å²) in [5.41, 5.74) is 7.67. The van der Waals surface area contributed by atoms with Gasteiger partial charge < -0.3 is 10.5 Å². The van der Waals surface area contributed by atoms with Crippen molar-refractivity contribution >= 4 is 0 Å². The predicted octanol–water partition coefficient (Wildman–Crippen LogP) is 1.66. The van der Waals surface area contributed by atoms with Crippen molar-refractivity contribution in [2.75, 3.05) is 19.6 Å². The van der Waals surface area contributed by atoms with Crippen LogP contribution in [-0.2, 0) is 6.42 Å². The maximum absolute atomic E-state index is 6.31. The van der Waals surface area contributed by atoms with Crippen molar-refractivity contribution in [3.8, 4) is 5.75 Å². The van der Waals surface area contributed by atoms with Crippen molar-refractivity contribution in [1.29, 1.82) is 0 Å². The van der Waals surface area contributed by atoms with E-state index in [4.69, 9.17) is 10.5 Å². The zero-order chi connectivity index (χ0) is 12.8. The topological polar surface area (TPSA) is 38.5 Å². The van der Waals surface area contributed by atoms with E-state index in [1.165, 1.54) is 5.56 Å². The Labute approximate surface area is 109 Å². The predicted molar refractivity (Wildman–Crippen MR) is 72.8 cm³/mol. The lowest BCUT2D eigenvalue weighted by molar-refractivity contribution is 0.0125. The Kier molecular flexibility index (Phi) is 2.83. The first kappa shape index (κ1) is 12.0. The summed E-state index contributed by atoms with van der Waals surface area (Å²) in [6.07, 6.45) is 1.34. The number of hydrogen-bond acceptors (Lipinski definition) is 3. The zero-order valence-corrected chi connectivity index (χ0v) is 11.2. The summed E-state index contributed by atoms with van der Waals surface area (Å²) < 4.78 is 5.96. The van der Waals surface area contributed by atoms with Crippen molar-refractivity contribution in [2.45, 2.75) is 31.9 Å². The quantitative estimate of drug-likeness (QED) is 0.881. The number of likely N-dealkylation sites (tertiary alicyclic amines) is 1. The molecule has 1 fully saturated rings. The standard InChI is InChI=1S/C15H22N2O/c1-11(2)15(16)9-17(10-15)8-13-7-12-5-3-4-6-14(12)18-13/h3-6,11,13H,7-10,16H2,1-2H3. The Morgan fingerprint density at radius 3 is 2.78 bits per heavy atom. The van der Waals surface area contributed by atoms with Crippen LogP contribution < -0.4 is 10.5 Å². The summed E-state index contributed by atoms with van der Waals surface area (Å²) in [5, 5.41) is 0. The summed E-state index contributed by atoms with van der Waals surface area (Å²) in [6, 6.07) is 8.34. The van der Waals surface area contributed by atoms with E-state index in [0.717, 1.165) is 31.8 Å². The molecule has 3 nitrogen and oxygen atoms in total. The van der Waals surface area contributed by atoms with E-state index in [-0.39, 0.29) is 5.54 Å². The third-order valence-corrected chi connectivity index (χ3v) is 4.36. The van der Waals surface area contributed by atoms with Gasteiger partial charge in [-0.2, -0.15) is 0 Å². The van der Waals surface area contributed by atoms with Gasteiger partial charge in [-0.15, -0.1) is 0 Å². The molecule has 0 aliphatic carbocycles.